The van der Waals surface area contributed by atoms with Gasteiger partial charge in [0.2, 0.25) is 0 Å². The number of rotatable bonds is 3. The smallest absolute Gasteiger partial charge is 0.298 e. The van der Waals surface area contributed by atoms with Crippen molar-refractivity contribution >= 4 is 17.1 Å². The highest BCUT2D eigenvalue weighted by Crippen LogP contribution is 2.26. The standard InChI is InChI=1S/C19H21N3O3/c1-13-11-15(12-18(23)21(13)2)24-14-7-9-22(10-8-14)19-20-16-5-3-4-6-17(16)25-19/h3-6,11-12,14H,7-10H2,1-2H3. The fourth-order valence-corrected chi connectivity index (χ4v) is 3.16. The maximum Gasteiger partial charge on any atom is 0.298 e. The van der Waals surface area contributed by atoms with Gasteiger partial charge in [-0.05, 0) is 25.1 Å². The monoisotopic (exact) mass is 339 g/mol. The molecule has 1 aliphatic heterocycles. The second kappa shape index (κ2) is 6.27. The maximum absolute atomic E-state index is 11.9. The Balaban J connectivity index is 1.42. The van der Waals surface area contributed by atoms with Gasteiger partial charge < -0.3 is 18.6 Å². The Labute approximate surface area is 145 Å². The molecule has 0 atom stereocenters. The van der Waals surface area contributed by atoms with Crippen LogP contribution < -0.4 is 15.2 Å². The summed E-state index contributed by atoms with van der Waals surface area (Å²) in [6.07, 6.45) is 1.84. The molecular formula is C19H21N3O3. The minimum absolute atomic E-state index is 0.0427. The topological polar surface area (TPSA) is 60.5 Å². The summed E-state index contributed by atoms with van der Waals surface area (Å²) in [7, 11) is 1.76. The molecule has 0 bridgehead atoms. The predicted molar refractivity (Wildman–Crippen MR) is 96.3 cm³/mol. The van der Waals surface area contributed by atoms with Crippen molar-refractivity contribution in [3.63, 3.8) is 0 Å². The lowest BCUT2D eigenvalue weighted by Gasteiger charge is -2.31. The summed E-state index contributed by atoms with van der Waals surface area (Å²) >= 11 is 0. The Morgan fingerprint density at radius 2 is 1.96 bits per heavy atom. The van der Waals surface area contributed by atoms with E-state index in [1.165, 1.54) is 0 Å². The van der Waals surface area contributed by atoms with Crippen LogP contribution in [-0.2, 0) is 7.05 Å². The van der Waals surface area contributed by atoms with Crippen LogP contribution in [0.3, 0.4) is 0 Å². The first-order valence-corrected chi connectivity index (χ1v) is 8.55. The Kier molecular flexibility index (Phi) is 3.95. The number of nitrogens with zero attached hydrogens (tertiary/aromatic N) is 3. The Bertz CT molecular complexity index is 919. The minimum atomic E-state index is -0.0427. The van der Waals surface area contributed by atoms with E-state index in [0.717, 1.165) is 42.7 Å². The van der Waals surface area contributed by atoms with Gasteiger partial charge in [-0.25, -0.2) is 0 Å². The number of aromatic nitrogens is 2. The number of benzene rings is 1. The lowest BCUT2D eigenvalue weighted by atomic mass is 10.1. The molecule has 0 saturated carbocycles. The molecule has 6 heteroatoms. The van der Waals surface area contributed by atoms with Gasteiger partial charge in [-0.3, -0.25) is 4.79 Å². The van der Waals surface area contributed by atoms with E-state index in [1.807, 2.05) is 37.3 Å². The van der Waals surface area contributed by atoms with E-state index < -0.39 is 0 Å². The molecule has 1 aromatic carbocycles. The number of piperidine rings is 1. The molecule has 6 nitrogen and oxygen atoms in total. The average molecular weight is 339 g/mol. The molecule has 0 aliphatic carbocycles. The summed E-state index contributed by atoms with van der Waals surface area (Å²) < 4.78 is 13.5. The van der Waals surface area contributed by atoms with Crippen molar-refractivity contribution in [3.05, 3.63) is 52.4 Å². The van der Waals surface area contributed by atoms with Crippen LogP contribution in [-0.4, -0.2) is 28.7 Å². The number of hydrogen-bond acceptors (Lipinski definition) is 5. The van der Waals surface area contributed by atoms with Crippen molar-refractivity contribution in [2.75, 3.05) is 18.0 Å². The average Bonchev–Trinajstić information content (AvgIpc) is 3.04. The van der Waals surface area contributed by atoms with E-state index in [1.54, 1.807) is 17.7 Å². The first-order chi connectivity index (χ1) is 12.1. The number of pyridine rings is 1. The quantitative estimate of drug-likeness (QED) is 0.734. The SMILES string of the molecule is Cc1cc(OC2CCN(c3nc4ccccc4o3)CC2)cc(=O)n1C. The van der Waals surface area contributed by atoms with Crippen LogP contribution in [0.2, 0.25) is 0 Å². The third kappa shape index (κ3) is 3.12. The molecule has 4 rings (SSSR count). The summed E-state index contributed by atoms with van der Waals surface area (Å²) in [6, 6.07) is 11.9. The molecule has 0 radical (unpaired) electrons. The fraction of sp³-hybridized carbons (Fsp3) is 0.368. The van der Waals surface area contributed by atoms with E-state index in [2.05, 4.69) is 9.88 Å². The molecule has 130 valence electrons. The normalized spacial score (nSPS) is 15.7. The summed E-state index contributed by atoms with van der Waals surface area (Å²) in [5.41, 5.74) is 2.54. The zero-order valence-corrected chi connectivity index (χ0v) is 14.4. The Hall–Kier alpha value is -2.76. The lowest BCUT2D eigenvalue weighted by molar-refractivity contribution is 0.168. The molecule has 1 aliphatic rings. The number of fused-ring (bicyclic) bond motifs is 1. The molecule has 1 saturated heterocycles. The van der Waals surface area contributed by atoms with Crippen LogP contribution in [0.5, 0.6) is 5.75 Å². The minimum Gasteiger partial charge on any atom is -0.490 e. The summed E-state index contributed by atoms with van der Waals surface area (Å²) in [5, 5.41) is 0. The first-order valence-electron chi connectivity index (χ1n) is 8.55. The molecule has 2 aromatic heterocycles. The molecule has 0 spiro atoms. The zero-order chi connectivity index (χ0) is 17.4. The number of hydrogen-bond donors (Lipinski definition) is 0. The van der Waals surface area contributed by atoms with Gasteiger partial charge in [-0.15, -0.1) is 0 Å². The summed E-state index contributed by atoms with van der Waals surface area (Å²) in [5.74, 6) is 0.654. The van der Waals surface area contributed by atoms with Gasteiger partial charge >= 0.3 is 0 Å². The van der Waals surface area contributed by atoms with Crippen LogP contribution in [0.4, 0.5) is 6.01 Å². The van der Waals surface area contributed by atoms with Gasteiger partial charge in [0.15, 0.2) is 5.58 Å². The molecular weight excluding hydrogens is 318 g/mol. The van der Waals surface area contributed by atoms with Gasteiger partial charge in [0.05, 0.1) is 0 Å². The van der Waals surface area contributed by atoms with E-state index in [9.17, 15) is 4.79 Å². The van der Waals surface area contributed by atoms with E-state index in [0.29, 0.717) is 11.8 Å². The first kappa shape index (κ1) is 15.7. The van der Waals surface area contributed by atoms with Crippen molar-refractivity contribution < 1.29 is 9.15 Å². The highest BCUT2D eigenvalue weighted by molar-refractivity contribution is 5.74. The second-order valence-corrected chi connectivity index (χ2v) is 6.50. The number of anilines is 1. The van der Waals surface area contributed by atoms with Crippen LogP contribution in [0.15, 0.2) is 45.6 Å². The van der Waals surface area contributed by atoms with Crippen molar-refractivity contribution in [3.8, 4) is 5.75 Å². The van der Waals surface area contributed by atoms with Crippen LogP contribution >= 0.6 is 0 Å². The molecule has 1 fully saturated rings. The molecule has 0 unspecified atom stereocenters. The van der Waals surface area contributed by atoms with Gasteiger partial charge in [0.25, 0.3) is 11.6 Å². The van der Waals surface area contributed by atoms with Crippen molar-refractivity contribution in [2.45, 2.75) is 25.9 Å². The van der Waals surface area contributed by atoms with Crippen molar-refractivity contribution in [2.24, 2.45) is 7.05 Å². The largest absolute Gasteiger partial charge is 0.490 e. The highest BCUT2D eigenvalue weighted by atomic mass is 16.5. The van der Waals surface area contributed by atoms with Gasteiger partial charge in [-0.1, -0.05) is 12.1 Å². The second-order valence-electron chi connectivity index (χ2n) is 6.50. The van der Waals surface area contributed by atoms with Crippen molar-refractivity contribution in [1.29, 1.82) is 0 Å². The molecule has 3 heterocycles. The number of para-hydroxylation sites is 2. The van der Waals surface area contributed by atoms with Gasteiger partial charge in [-0.2, -0.15) is 4.98 Å². The zero-order valence-electron chi connectivity index (χ0n) is 14.4. The van der Waals surface area contributed by atoms with E-state index in [-0.39, 0.29) is 11.7 Å². The molecule has 0 amide bonds. The van der Waals surface area contributed by atoms with Gasteiger partial charge in [0, 0.05) is 44.7 Å². The van der Waals surface area contributed by atoms with Crippen LogP contribution in [0, 0.1) is 6.92 Å². The predicted octanol–water partition coefficient (Wildman–Crippen LogP) is 2.88. The van der Waals surface area contributed by atoms with E-state index >= 15 is 0 Å². The van der Waals surface area contributed by atoms with E-state index in [4.69, 9.17) is 9.15 Å². The fourth-order valence-electron chi connectivity index (χ4n) is 3.16. The van der Waals surface area contributed by atoms with Crippen molar-refractivity contribution in [1.82, 2.24) is 9.55 Å². The third-order valence-corrected chi connectivity index (χ3v) is 4.77. The molecule has 25 heavy (non-hydrogen) atoms. The van der Waals surface area contributed by atoms with Crippen LogP contribution in [0.1, 0.15) is 18.5 Å². The Morgan fingerprint density at radius 3 is 2.68 bits per heavy atom. The number of aryl methyl sites for hydroxylation is 1. The lowest BCUT2D eigenvalue weighted by Crippen LogP contribution is -2.38. The number of ether oxygens (including phenoxy) is 1. The molecule has 0 N–H and O–H groups in total. The third-order valence-electron chi connectivity index (χ3n) is 4.77. The van der Waals surface area contributed by atoms with Gasteiger partial charge in [0.1, 0.15) is 17.4 Å². The molecule has 3 aromatic rings. The number of oxazole rings is 1. The van der Waals surface area contributed by atoms with Crippen LogP contribution in [0.25, 0.3) is 11.1 Å². The highest BCUT2D eigenvalue weighted by Gasteiger charge is 2.24. The summed E-state index contributed by atoms with van der Waals surface area (Å²) in [6.45, 7) is 3.55. The summed E-state index contributed by atoms with van der Waals surface area (Å²) in [4.78, 5) is 18.6. The Morgan fingerprint density at radius 1 is 1.20 bits per heavy atom. The maximum atomic E-state index is 11.9.